The molecule has 0 aromatic heterocycles. The highest BCUT2D eigenvalue weighted by Gasteiger charge is 2.21. The molecule has 4 rings (SSSR count). The zero-order valence-electron chi connectivity index (χ0n) is 23.7. The molecule has 39 heavy (non-hydrogen) atoms. The Kier molecular flexibility index (Phi) is 9.64. The lowest BCUT2D eigenvalue weighted by Gasteiger charge is -2.30. The Morgan fingerprint density at radius 2 is 1.46 bits per heavy atom. The third-order valence-corrected chi connectivity index (χ3v) is 7.35. The Morgan fingerprint density at radius 3 is 2.10 bits per heavy atom. The number of anilines is 3. The summed E-state index contributed by atoms with van der Waals surface area (Å²) in [6, 6.07) is 21.7. The van der Waals surface area contributed by atoms with E-state index in [1.54, 1.807) is 6.07 Å². The van der Waals surface area contributed by atoms with Crippen LogP contribution in [-0.2, 0) is 6.42 Å². The minimum atomic E-state index is -0.314. The minimum Gasteiger partial charge on any atom is -0.371 e. The van der Waals surface area contributed by atoms with Gasteiger partial charge in [0.05, 0.1) is 5.56 Å². The number of nitrogens with one attached hydrogen (secondary N) is 3. The predicted octanol–water partition coefficient (Wildman–Crippen LogP) is 7.54. The fraction of sp³-hybridized carbons (Fsp3) is 0.394. The number of nitrogens with zero attached hydrogens (tertiary/aromatic N) is 1. The average molecular weight is 527 g/mol. The second-order valence-corrected chi connectivity index (χ2v) is 11.0. The molecule has 0 atom stereocenters. The summed E-state index contributed by atoms with van der Waals surface area (Å²) in [4.78, 5) is 28.9. The molecule has 3 N–H and O–H groups in total. The molecule has 0 bridgehead atoms. The maximum Gasteiger partial charge on any atom is 0.323 e. The first-order chi connectivity index (χ1) is 18.8. The van der Waals surface area contributed by atoms with E-state index in [0.717, 1.165) is 54.9 Å². The molecule has 1 fully saturated rings. The molecule has 0 radical (unpaired) electrons. The van der Waals surface area contributed by atoms with E-state index in [1.807, 2.05) is 30.3 Å². The van der Waals surface area contributed by atoms with Crippen LogP contribution >= 0.6 is 0 Å². The lowest BCUT2D eigenvalue weighted by Crippen LogP contribution is -2.33. The predicted molar refractivity (Wildman–Crippen MR) is 162 cm³/mol. The number of hydrogen-bond acceptors (Lipinski definition) is 3. The number of rotatable bonds is 9. The largest absolute Gasteiger partial charge is 0.371 e. The van der Waals surface area contributed by atoms with E-state index < -0.39 is 0 Å². The second kappa shape index (κ2) is 13.3. The van der Waals surface area contributed by atoms with Gasteiger partial charge in [0.2, 0.25) is 0 Å². The van der Waals surface area contributed by atoms with Crippen molar-refractivity contribution in [2.24, 2.45) is 0 Å². The maximum absolute atomic E-state index is 13.4. The molecular weight excluding hydrogens is 484 g/mol. The summed E-state index contributed by atoms with van der Waals surface area (Å²) < 4.78 is 0. The molecule has 6 heteroatoms. The number of benzene rings is 3. The average Bonchev–Trinajstić information content (AvgIpc) is 2.93. The number of para-hydroxylation sites is 1. The number of carbonyl (C=O) groups excluding carboxylic acids is 2. The molecule has 3 aromatic rings. The lowest BCUT2D eigenvalue weighted by atomic mass is 9.93. The van der Waals surface area contributed by atoms with Crippen LogP contribution in [0.15, 0.2) is 66.7 Å². The highest BCUT2D eigenvalue weighted by Crippen LogP contribution is 2.33. The summed E-state index contributed by atoms with van der Waals surface area (Å²) in [5.41, 5.74) is 6.37. The van der Waals surface area contributed by atoms with Gasteiger partial charge in [-0.2, -0.15) is 0 Å². The minimum absolute atomic E-state index is 0.122. The number of hydrogen-bond donors (Lipinski definition) is 3. The van der Waals surface area contributed by atoms with Crippen molar-refractivity contribution in [3.05, 3.63) is 89.0 Å². The van der Waals surface area contributed by atoms with Crippen LogP contribution in [-0.4, -0.2) is 31.6 Å². The van der Waals surface area contributed by atoms with E-state index in [0.29, 0.717) is 17.8 Å². The molecule has 0 unspecified atom stereocenters. The second-order valence-electron chi connectivity index (χ2n) is 11.0. The van der Waals surface area contributed by atoms with Crippen molar-refractivity contribution >= 4 is 29.0 Å². The molecule has 1 heterocycles. The van der Waals surface area contributed by atoms with Gasteiger partial charge in [0.15, 0.2) is 0 Å². The molecule has 0 spiro atoms. The van der Waals surface area contributed by atoms with Crippen LogP contribution in [0.5, 0.6) is 0 Å². The van der Waals surface area contributed by atoms with Crippen LogP contribution in [0.4, 0.5) is 21.9 Å². The highest BCUT2D eigenvalue weighted by molar-refractivity contribution is 6.04. The maximum atomic E-state index is 13.4. The third-order valence-electron chi connectivity index (χ3n) is 7.35. The quantitative estimate of drug-likeness (QED) is 0.270. The Balaban J connectivity index is 1.53. The van der Waals surface area contributed by atoms with Crippen molar-refractivity contribution in [2.75, 3.05) is 35.2 Å². The molecule has 3 amide bonds. The number of piperidine rings is 1. The van der Waals surface area contributed by atoms with Gasteiger partial charge in [-0.1, -0.05) is 76.2 Å². The zero-order valence-corrected chi connectivity index (χ0v) is 23.7. The molecule has 3 aromatic carbocycles. The summed E-state index contributed by atoms with van der Waals surface area (Å²) in [5.74, 6) is 0.422. The van der Waals surface area contributed by atoms with Crippen molar-refractivity contribution in [3.8, 4) is 0 Å². The summed E-state index contributed by atoms with van der Waals surface area (Å²) in [7, 11) is 0. The first kappa shape index (κ1) is 28.2. The van der Waals surface area contributed by atoms with Gasteiger partial charge in [-0.15, -0.1) is 0 Å². The molecule has 1 aliphatic heterocycles. The van der Waals surface area contributed by atoms with E-state index >= 15 is 0 Å². The lowest BCUT2D eigenvalue weighted by molar-refractivity contribution is 0.0954. The van der Waals surface area contributed by atoms with Gasteiger partial charge in [0.1, 0.15) is 0 Å². The van der Waals surface area contributed by atoms with Crippen LogP contribution in [0.25, 0.3) is 0 Å². The van der Waals surface area contributed by atoms with Gasteiger partial charge < -0.3 is 20.9 Å². The Morgan fingerprint density at radius 1 is 0.795 bits per heavy atom. The Hall–Kier alpha value is -3.80. The first-order valence-corrected chi connectivity index (χ1v) is 14.3. The number of carbonyl (C=O) groups is 2. The van der Waals surface area contributed by atoms with E-state index in [9.17, 15) is 9.59 Å². The van der Waals surface area contributed by atoms with Crippen molar-refractivity contribution in [2.45, 2.75) is 65.2 Å². The fourth-order valence-corrected chi connectivity index (χ4v) is 5.24. The molecule has 1 aliphatic rings. The van der Waals surface area contributed by atoms with Gasteiger partial charge in [-0.25, -0.2) is 4.79 Å². The van der Waals surface area contributed by atoms with Gasteiger partial charge in [0.25, 0.3) is 5.91 Å². The number of urea groups is 1. The molecule has 1 saturated heterocycles. The fourth-order valence-electron chi connectivity index (χ4n) is 5.24. The Bertz CT molecular complexity index is 1240. The van der Waals surface area contributed by atoms with E-state index in [4.69, 9.17) is 0 Å². The molecule has 0 aliphatic carbocycles. The first-order valence-electron chi connectivity index (χ1n) is 14.3. The van der Waals surface area contributed by atoms with Crippen molar-refractivity contribution in [1.82, 2.24) is 5.32 Å². The Labute approximate surface area is 233 Å². The van der Waals surface area contributed by atoms with Crippen LogP contribution in [0, 0.1) is 0 Å². The molecule has 206 valence electrons. The summed E-state index contributed by atoms with van der Waals surface area (Å²) in [5, 5.41) is 9.18. The van der Waals surface area contributed by atoms with E-state index in [-0.39, 0.29) is 23.8 Å². The van der Waals surface area contributed by atoms with Crippen LogP contribution < -0.4 is 20.9 Å². The van der Waals surface area contributed by atoms with Gasteiger partial charge >= 0.3 is 6.03 Å². The van der Waals surface area contributed by atoms with Crippen molar-refractivity contribution in [1.29, 1.82) is 0 Å². The SMILES string of the molecule is CC(C)c1cccc(C(C)C)c1NC(=O)Nc1ccc(N2CCCCC2)c(C(=O)NCCc2ccccc2)c1. The van der Waals surface area contributed by atoms with Crippen molar-refractivity contribution < 1.29 is 9.59 Å². The molecular formula is C33H42N4O2. The summed E-state index contributed by atoms with van der Waals surface area (Å²) in [6.07, 6.45) is 4.21. The third kappa shape index (κ3) is 7.41. The zero-order chi connectivity index (χ0) is 27.8. The summed E-state index contributed by atoms with van der Waals surface area (Å²) in [6.45, 7) is 10.9. The van der Waals surface area contributed by atoms with Crippen LogP contribution in [0.1, 0.15) is 85.8 Å². The number of amides is 3. The monoisotopic (exact) mass is 526 g/mol. The molecule has 6 nitrogen and oxygen atoms in total. The van der Waals surface area contributed by atoms with Crippen molar-refractivity contribution in [3.63, 3.8) is 0 Å². The smallest absolute Gasteiger partial charge is 0.323 e. The van der Waals surface area contributed by atoms with E-state index in [2.05, 4.69) is 78.9 Å². The topological polar surface area (TPSA) is 73.5 Å². The van der Waals surface area contributed by atoms with Gasteiger partial charge in [-0.3, -0.25) is 4.79 Å². The highest BCUT2D eigenvalue weighted by atomic mass is 16.2. The van der Waals surface area contributed by atoms with Crippen LogP contribution in [0.2, 0.25) is 0 Å². The van der Waals surface area contributed by atoms with E-state index in [1.165, 1.54) is 12.0 Å². The normalized spacial score (nSPS) is 13.4. The molecule has 0 saturated carbocycles. The van der Waals surface area contributed by atoms with Gasteiger partial charge in [-0.05, 0) is 72.4 Å². The summed E-state index contributed by atoms with van der Waals surface area (Å²) >= 11 is 0. The van der Waals surface area contributed by atoms with Gasteiger partial charge in [0, 0.05) is 36.7 Å². The standard InChI is InChI=1S/C33H42N4O2/c1-23(2)27-14-11-15-28(24(3)4)31(27)36-33(39)35-26-16-17-30(37-20-9-6-10-21-37)29(22-26)32(38)34-19-18-25-12-7-5-8-13-25/h5,7-8,11-17,22-24H,6,9-10,18-21H2,1-4H3,(H,34,38)(H2,35,36,39). The van der Waals surface area contributed by atoms with Crippen LogP contribution in [0.3, 0.4) is 0 Å².